The molecule has 2 rings (SSSR count). The predicted octanol–water partition coefficient (Wildman–Crippen LogP) is 3.32. The Balaban J connectivity index is 2.41. The van der Waals surface area contributed by atoms with Gasteiger partial charge in [-0.15, -0.1) is 0 Å². The zero-order chi connectivity index (χ0) is 15.7. The number of hydrogen-bond acceptors (Lipinski definition) is 4. The van der Waals surface area contributed by atoms with Gasteiger partial charge in [-0.05, 0) is 51.0 Å². The molecule has 0 unspecified atom stereocenters. The van der Waals surface area contributed by atoms with Crippen LogP contribution in [0.1, 0.15) is 68.5 Å². The second kappa shape index (κ2) is 5.72. The van der Waals surface area contributed by atoms with Gasteiger partial charge in [-0.2, -0.15) is 0 Å². The van der Waals surface area contributed by atoms with Crippen LogP contribution in [0.3, 0.4) is 0 Å². The number of ether oxygens (including phenoxy) is 1. The van der Waals surface area contributed by atoms with Crippen molar-refractivity contribution in [3.63, 3.8) is 0 Å². The van der Waals surface area contributed by atoms with Crippen LogP contribution in [0.25, 0.3) is 0 Å². The Hall–Kier alpha value is -1.49. The molecule has 1 aromatic rings. The van der Waals surface area contributed by atoms with Crippen molar-refractivity contribution in [1.82, 2.24) is 9.97 Å². The molecule has 1 aliphatic carbocycles. The van der Waals surface area contributed by atoms with E-state index in [1.54, 1.807) is 6.92 Å². The summed E-state index contributed by atoms with van der Waals surface area (Å²) in [4.78, 5) is 20.0. The quantitative estimate of drug-likeness (QED) is 0.921. The molecule has 1 saturated carbocycles. The number of aromatic nitrogens is 2. The van der Waals surface area contributed by atoms with Crippen LogP contribution in [0.5, 0.6) is 0 Å². The number of hydrogen-bond donors (Lipinski definition) is 1. The number of aromatic carboxylic acids is 1. The molecule has 5 heteroatoms. The Morgan fingerprint density at radius 1 is 1.29 bits per heavy atom. The van der Waals surface area contributed by atoms with Crippen LogP contribution in [-0.4, -0.2) is 27.7 Å². The van der Waals surface area contributed by atoms with Gasteiger partial charge in [0.15, 0.2) is 11.5 Å². The maximum absolute atomic E-state index is 11.2. The lowest BCUT2D eigenvalue weighted by molar-refractivity contribution is -0.0949. The fourth-order valence-corrected chi connectivity index (χ4v) is 2.92. The summed E-state index contributed by atoms with van der Waals surface area (Å²) in [6.07, 6.45) is 3.70. The molecule has 0 amide bonds. The van der Waals surface area contributed by atoms with Gasteiger partial charge in [-0.25, -0.2) is 14.8 Å². The molecule has 1 fully saturated rings. The number of nitrogens with zero attached hydrogens (tertiary/aromatic N) is 2. The Kier molecular flexibility index (Phi) is 4.33. The maximum Gasteiger partial charge on any atom is 0.354 e. The molecule has 0 aliphatic heterocycles. The first kappa shape index (κ1) is 15.9. The van der Waals surface area contributed by atoms with Gasteiger partial charge in [0.2, 0.25) is 0 Å². The molecule has 1 aliphatic rings. The normalized spacial score (nSPS) is 20.2. The number of rotatable bonds is 4. The van der Waals surface area contributed by atoms with E-state index in [4.69, 9.17) is 4.74 Å². The van der Waals surface area contributed by atoms with Crippen molar-refractivity contribution < 1.29 is 14.6 Å². The summed E-state index contributed by atoms with van der Waals surface area (Å²) in [5.41, 5.74) is 0.461. The summed E-state index contributed by atoms with van der Waals surface area (Å²) in [5.74, 6) is -0.498. The lowest BCUT2D eigenvalue weighted by Crippen LogP contribution is -2.39. The molecule has 116 valence electrons. The Morgan fingerprint density at radius 2 is 1.90 bits per heavy atom. The Labute approximate surface area is 125 Å². The molecule has 0 aromatic carbocycles. The topological polar surface area (TPSA) is 72.3 Å². The van der Waals surface area contributed by atoms with Crippen molar-refractivity contribution in [3.05, 3.63) is 23.3 Å². The summed E-state index contributed by atoms with van der Waals surface area (Å²) < 4.78 is 6.02. The van der Waals surface area contributed by atoms with E-state index >= 15 is 0 Å². The van der Waals surface area contributed by atoms with Crippen molar-refractivity contribution in [3.8, 4) is 0 Å². The highest BCUT2D eigenvalue weighted by atomic mass is 16.5. The summed E-state index contributed by atoms with van der Waals surface area (Å²) in [6.45, 7) is 8.82. The molecule has 21 heavy (non-hydrogen) atoms. The summed E-state index contributed by atoms with van der Waals surface area (Å²) in [6, 6.07) is 1.50. The third kappa shape index (κ3) is 3.40. The molecule has 0 spiro atoms. The summed E-state index contributed by atoms with van der Waals surface area (Å²) >= 11 is 0. The van der Waals surface area contributed by atoms with E-state index in [-0.39, 0.29) is 5.69 Å². The molecular weight excluding hydrogens is 268 g/mol. The minimum Gasteiger partial charge on any atom is -0.477 e. The van der Waals surface area contributed by atoms with Crippen molar-refractivity contribution in [1.29, 1.82) is 0 Å². The van der Waals surface area contributed by atoms with Gasteiger partial charge in [-0.1, -0.05) is 13.8 Å². The fourth-order valence-electron chi connectivity index (χ4n) is 2.92. The smallest absolute Gasteiger partial charge is 0.354 e. The highest BCUT2D eigenvalue weighted by Gasteiger charge is 2.43. The third-order valence-corrected chi connectivity index (χ3v) is 4.31. The molecule has 5 nitrogen and oxygen atoms in total. The Morgan fingerprint density at radius 3 is 2.43 bits per heavy atom. The number of aryl methyl sites for hydroxylation is 1. The molecular formula is C16H24N2O3. The van der Waals surface area contributed by atoms with Crippen LogP contribution in [0.2, 0.25) is 0 Å². The molecule has 0 bridgehead atoms. The van der Waals surface area contributed by atoms with Crippen LogP contribution in [0, 0.1) is 12.3 Å². The van der Waals surface area contributed by atoms with E-state index in [2.05, 4.69) is 23.8 Å². The lowest BCUT2D eigenvalue weighted by atomic mass is 9.70. The minimum absolute atomic E-state index is 0.0430. The second-order valence-electron chi connectivity index (χ2n) is 6.61. The fraction of sp³-hybridized carbons (Fsp3) is 0.688. The maximum atomic E-state index is 11.2. The van der Waals surface area contributed by atoms with Gasteiger partial charge < -0.3 is 9.84 Å². The van der Waals surface area contributed by atoms with Gasteiger partial charge in [0.1, 0.15) is 5.60 Å². The van der Waals surface area contributed by atoms with E-state index in [0.717, 1.165) is 25.7 Å². The van der Waals surface area contributed by atoms with Crippen LogP contribution < -0.4 is 0 Å². The molecule has 1 N–H and O–H groups in total. The monoisotopic (exact) mass is 292 g/mol. The molecule has 0 atom stereocenters. The van der Waals surface area contributed by atoms with Gasteiger partial charge in [0.05, 0.1) is 0 Å². The van der Waals surface area contributed by atoms with Gasteiger partial charge >= 0.3 is 5.97 Å². The lowest BCUT2D eigenvalue weighted by Gasteiger charge is -2.42. The van der Waals surface area contributed by atoms with Crippen LogP contribution in [0.4, 0.5) is 0 Å². The second-order valence-corrected chi connectivity index (χ2v) is 6.61. The van der Waals surface area contributed by atoms with Crippen molar-refractivity contribution in [2.75, 3.05) is 6.61 Å². The van der Waals surface area contributed by atoms with E-state index in [1.807, 2.05) is 6.92 Å². The van der Waals surface area contributed by atoms with E-state index in [9.17, 15) is 9.90 Å². The SMILES string of the molecule is CCOC1(c2nc(C)cc(C(=O)O)n2)CCC(C)(C)CC1. The average molecular weight is 292 g/mol. The third-order valence-electron chi connectivity index (χ3n) is 4.31. The van der Waals surface area contributed by atoms with Crippen LogP contribution >= 0.6 is 0 Å². The van der Waals surface area contributed by atoms with Gasteiger partial charge in [-0.3, -0.25) is 0 Å². The largest absolute Gasteiger partial charge is 0.477 e. The molecule has 1 aromatic heterocycles. The van der Waals surface area contributed by atoms with Gasteiger partial charge in [0.25, 0.3) is 0 Å². The summed E-state index contributed by atoms with van der Waals surface area (Å²) in [5, 5.41) is 9.20. The zero-order valence-corrected chi connectivity index (χ0v) is 13.3. The average Bonchev–Trinajstić information content (AvgIpc) is 2.41. The standard InChI is InChI=1S/C16H24N2O3/c1-5-21-16(8-6-15(3,4)7-9-16)14-17-11(2)10-12(18-14)13(19)20/h10H,5-9H2,1-4H3,(H,19,20). The number of carboxylic acids is 1. The minimum atomic E-state index is -1.02. The van der Waals surface area contributed by atoms with Crippen molar-refractivity contribution >= 4 is 5.97 Å². The summed E-state index contributed by atoms with van der Waals surface area (Å²) in [7, 11) is 0. The number of carboxylic acid groups (broad SMARTS) is 1. The van der Waals surface area contributed by atoms with E-state index in [0.29, 0.717) is 23.5 Å². The highest BCUT2D eigenvalue weighted by molar-refractivity contribution is 5.85. The predicted molar refractivity (Wildman–Crippen MR) is 79.3 cm³/mol. The van der Waals surface area contributed by atoms with Gasteiger partial charge in [0, 0.05) is 12.3 Å². The molecule has 1 heterocycles. The Bertz CT molecular complexity index is 530. The van der Waals surface area contributed by atoms with E-state index in [1.165, 1.54) is 6.07 Å². The highest BCUT2D eigenvalue weighted by Crippen LogP contribution is 2.46. The van der Waals surface area contributed by atoms with Crippen molar-refractivity contribution in [2.24, 2.45) is 5.41 Å². The van der Waals surface area contributed by atoms with E-state index < -0.39 is 11.6 Å². The van der Waals surface area contributed by atoms with Crippen molar-refractivity contribution in [2.45, 2.75) is 59.0 Å². The first-order chi connectivity index (χ1) is 9.78. The number of carbonyl (C=O) groups is 1. The van der Waals surface area contributed by atoms with Crippen LogP contribution in [0.15, 0.2) is 6.07 Å². The first-order valence-corrected chi connectivity index (χ1v) is 7.51. The zero-order valence-electron chi connectivity index (χ0n) is 13.3. The molecule has 0 radical (unpaired) electrons. The van der Waals surface area contributed by atoms with Crippen LogP contribution in [-0.2, 0) is 10.3 Å². The first-order valence-electron chi connectivity index (χ1n) is 7.51. The molecule has 0 saturated heterocycles.